The Hall–Kier alpha value is -1.31. The van der Waals surface area contributed by atoms with E-state index in [9.17, 15) is 4.79 Å². The quantitative estimate of drug-likeness (QED) is 0.666. The summed E-state index contributed by atoms with van der Waals surface area (Å²) in [5.41, 5.74) is 0.636. The van der Waals surface area contributed by atoms with E-state index in [1.165, 1.54) is 6.42 Å². The highest BCUT2D eigenvalue weighted by molar-refractivity contribution is 5.89. The fourth-order valence-corrected chi connectivity index (χ4v) is 1.96. The Morgan fingerprint density at radius 1 is 1.11 bits per heavy atom. The summed E-state index contributed by atoms with van der Waals surface area (Å²) in [6.07, 6.45) is 3.26. The Balaban J connectivity index is 2.56. The van der Waals surface area contributed by atoms with Gasteiger partial charge in [-0.15, -0.1) is 0 Å². The molecule has 0 aromatic heterocycles. The Labute approximate surface area is 117 Å². The maximum Gasteiger partial charge on any atom is 0.338 e. The Morgan fingerprint density at radius 3 is 2.26 bits per heavy atom. The molecule has 0 aliphatic carbocycles. The van der Waals surface area contributed by atoms with Crippen molar-refractivity contribution >= 4 is 5.97 Å². The van der Waals surface area contributed by atoms with Gasteiger partial charge in [-0.25, -0.2) is 4.79 Å². The minimum absolute atomic E-state index is 0.0155. The number of hydrogen-bond donors (Lipinski definition) is 0. The van der Waals surface area contributed by atoms with E-state index in [1.807, 2.05) is 18.2 Å². The molecule has 1 aromatic rings. The first-order chi connectivity index (χ1) is 9.04. The minimum atomic E-state index is -0.205. The smallest absolute Gasteiger partial charge is 0.338 e. The van der Waals surface area contributed by atoms with E-state index < -0.39 is 0 Å². The van der Waals surface area contributed by atoms with Crippen LogP contribution in [0.2, 0.25) is 0 Å². The van der Waals surface area contributed by atoms with Gasteiger partial charge in [0.2, 0.25) is 0 Å². The molecule has 0 aliphatic rings. The van der Waals surface area contributed by atoms with E-state index in [0.29, 0.717) is 17.4 Å². The molecule has 2 atom stereocenters. The van der Waals surface area contributed by atoms with Crippen LogP contribution in [-0.2, 0) is 4.74 Å². The van der Waals surface area contributed by atoms with Crippen LogP contribution >= 0.6 is 0 Å². The van der Waals surface area contributed by atoms with Crippen LogP contribution in [0.5, 0.6) is 0 Å². The third kappa shape index (κ3) is 5.46. The first kappa shape index (κ1) is 15.7. The first-order valence-electron chi connectivity index (χ1n) is 7.30. The molecule has 2 nitrogen and oxygen atoms in total. The predicted molar refractivity (Wildman–Crippen MR) is 79.2 cm³/mol. The summed E-state index contributed by atoms with van der Waals surface area (Å²) in [6, 6.07) is 9.22. The summed E-state index contributed by atoms with van der Waals surface area (Å²) < 4.78 is 5.65. The first-order valence-corrected chi connectivity index (χ1v) is 7.30. The molecule has 19 heavy (non-hydrogen) atoms. The molecule has 0 fully saturated rings. The van der Waals surface area contributed by atoms with Crippen LogP contribution in [0, 0.1) is 11.8 Å². The van der Waals surface area contributed by atoms with Gasteiger partial charge < -0.3 is 4.74 Å². The lowest BCUT2D eigenvalue weighted by atomic mass is 9.95. The number of benzene rings is 1. The average molecular weight is 262 g/mol. The van der Waals surface area contributed by atoms with E-state index in [0.717, 1.165) is 12.8 Å². The highest BCUT2D eigenvalue weighted by Crippen LogP contribution is 2.19. The van der Waals surface area contributed by atoms with Crippen molar-refractivity contribution in [3.05, 3.63) is 35.9 Å². The van der Waals surface area contributed by atoms with Crippen molar-refractivity contribution in [2.75, 3.05) is 0 Å². The van der Waals surface area contributed by atoms with Crippen molar-refractivity contribution in [3.63, 3.8) is 0 Å². The molecule has 0 bridgehead atoms. The summed E-state index contributed by atoms with van der Waals surface area (Å²) in [5.74, 6) is 0.844. The standard InChI is InChI=1S/C17H26O2/c1-5-14(4)11-12-16(13(2)3)19-17(18)15-9-7-6-8-10-15/h6-10,13-14,16H,5,11-12H2,1-4H3. The number of ether oxygens (including phenoxy) is 1. The molecule has 0 saturated heterocycles. The van der Waals surface area contributed by atoms with Gasteiger partial charge in [-0.1, -0.05) is 52.3 Å². The molecular weight excluding hydrogens is 236 g/mol. The molecule has 1 aromatic carbocycles. The zero-order valence-electron chi connectivity index (χ0n) is 12.6. The van der Waals surface area contributed by atoms with Gasteiger partial charge in [0.05, 0.1) is 5.56 Å². The molecule has 0 N–H and O–H groups in total. The summed E-state index contributed by atoms with van der Waals surface area (Å²) >= 11 is 0. The fraction of sp³-hybridized carbons (Fsp3) is 0.588. The number of hydrogen-bond acceptors (Lipinski definition) is 2. The second-order valence-corrected chi connectivity index (χ2v) is 5.64. The third-order valence-corrected chi connectivity index (χ3v) is 3.65. The summed E-state index contributed by atoms with van der Waals surface area (Å²) in [7, 11) is 0. The van der Waals surface area contributed by atoms with E-state index in [4.69, 9.17) is 4.74 Å². The molecule has 2 heteroatoms. The Morgan fingerprint density at radius 2 is 1.74 bits per heavy atom. The summed E-state index contributed by atoms with van der Waals surface area (Å²) in [4.78, 5) is 12.1. The molecule has 0 spiro atoms. The van der Waals surface area contributed by atoms with Crippen molar-refractivity contribution in [1.82, 2.24) is 0 Å². The molecule has 0 aliphatic heterocycles. The van der Waals surface area contributed by atoms with Crippen LogP contribution in [0.1, 0.15) is 57.3 Å². The van der Waals surface area contributed by atoms with Crippen LogP contribution in [0.3, 0.4) is 0 Å². The molecule has 0 amide bonds. The normalized spacial score (nSPS) is 14.2. The second kappa shape index (κ2) is 7.98. The van der Waals surface area contributed by atoms with Gasteiger partial charge in [-0.05, 0) is 36.8 Å². The summed E-state index contributed by atoms with van der Waals surface area (Å²) in [5, 5.41) is 0. The van der Waals surface area contributed by atoms with E-state index in [1.54, 1.807) is 12.1 Å². The van der Waals surface area contributed by atoms with E-state index in [2.05, 4.69) is 27.7 Å². The minimum Gasteiger partial charge on any atom is -0.459 e. The van der Waals surface area contributed by atoms with Crippen LogP contribution in [0.15, 0.2) is 30.3 Å². The van der Waals surface area contributed by atoms with Gasteiger partial charge in [0, 0.05) is 0 Å². The Kier molecular flexibility index (Phi) is 6.61. The SMILES string of the molecule is CCC(C)CCC(OC(=O)c1ccccc1)C(C)C. The molecule has 0 heterocycles. The van der Waals surface area contributed by atoms with E-state index in [-0.39, 0.29) is 12.1 Å². The molecule has 0 saturated carbocycles. The monoisotopic (exact) mass is 262 g/mol. The van der Waals surface area contributed by atoms with Crippen LogP contribution in [0.25, 0.3) is 0 Å². The number of carbonyl (C=O) groups excluding carboxylic acids is 1. The van der Waals surface area contributed by atoms with Crippen molar-refractivity contribution < 1.29 is 9.53 Å². The zero-order chi connectivity index (χ0) is 14.3. The van der Waals surface area contributed by atoms with Gasteiger partial charge in [0.1, 0.15) is 6.10 Å². The highest BCUT2D eigenvalue weighted by atomic mass is 16.5. The van der Waals surface area contributed by atoms with Crippen molar-refractivity contribution in [2.24, 2.45) is 11.8 Å². The zero-order valence-corrected chi connectivity index (χ0v) is 12.6. The van der Waals surface area contributed by atoms with Crippen molar-refractivity contribution in [1.29, 1.82) is 0 Å². The van der Waals surface area contributed by atoms with E-state index >= 15 is 0 Å². The largest absolute Gasteiger partial charge is 0.459 e. The van der Waals surface area contributed by atoms with Crippen LogP contribution < -0.4 is 0 Å². The molecule has 0 radical (unpaired) electrons. The lowest BCUT2D eigenvalue weighted by Gasteiger charge is -2.22. The second-order valence-electron chi connectivity index (χ2n) is 5.64. The summed E-state index contributed by atoms with van der Waals surface area (Å²) in [6.45, 7) is 8.67. The predicted octanol–water partition coefficient (Wildman–Crippen LogP) is 4.69. The van der Waals surface area contributed by atoms with Gasteiger partial charge in [0.15, 0.2) is 0 Å². The molecule has 2 unspecified atom stereocenters. The van der Waals surface area contributed by atoms with Gasteiger partial charge in [-0.2, -0.15) is 0 Å². The maximum absolute atomic E-state index is 12.1. The third-order valence-electron chi connectivity index (χ3n) is 3.65. The van der Waals surface area contributed by atoms with Gasteiger partial charge >= 0.3 is 5.97 Å². The maximum atomic E-state index is 12.1. The average Bonchev–Trinajstić information content (AvgIpc) is 2.43. The topological polar surface area (TPSA) is 26.3 Å². The number of rotatable bonds is 7. The molecule has 1 rings (SSSR count). The van der Waals surface area contributed by atoms with Crippen molar-refractivity contribution in [2.45, 2.75) is 53.1 Å². The van der Waals surface area contributed by atoms with Gasteiger partial charge in [0.25, 0.3) is 0 Å². The fourth-order valence-electron chi connectivity index (χ4n) is 1.96. The lowest BCUT2D eigenvalue weighted by molar-refractivity contribution is 0.0141. The number of carbonyl (C=O) groups is 1. The Bertz CT molecular complexity index is 370. The van der Waals surface area contributed by atoms with Crippen LogP contribution in [0.4, 0.5) is 0 Å². The highest BCUT2D eigenvalue weighted by Gasteiger charge is 2.19. The molecular formula is C17H26O2. The van der Waals surface area contributed by atoms with Crippen molar-refractivity contribution in [3.8, 4) is 0 Å². The van der Waals surface area contributed by atoms with Gasteiger partial charge in [-0.3, -0.25) is 0 Å². The number of esters is 1. The molecule has 106 valence electrons. The van der Waals surface area contributed by atoms with Crippen LogP contribution in [-0.4, -0.2) is 12.1 Å². The lowest BCUT2D eigenvalue weighted by Crippen LogP contribution is -2.24.